The van der Waals surface area contributed by atoms with Crippen LogP contribution in [0.4, 0.5) is 8.78 Å². The highest BCUT2D eigenvalue weighted by molar-refractivity contribution is 5.78. The fourth-order valence-electron chi connectivity index (χ4n) is 3.41. The summed E-state index contributed by atoms with van der Waals surface area (Å²) in [5.41, 5.74) is 1.13. The minimum atomic E-state index is -1.54. The van der Waals surface area contributed by atoms with Gasteiger partial charge in [-0.1, -0.05) is 0 Å². The number of fused-ring (bicyclic) bond motifs is 1. The smallest absolute Gasteiger partial charge is 0.164 e. The number of aliphatic hydroxyl groups excluding tert-OH is 3. The van der Waals surface area contributed by atoms with Crippen LogP contribution in [-0.2, 0) is 4.74 Å². The van der Waals surface area contributed by atoms with Crippen LogP contribution >= 0.6 is 0 Å². The summed E-state index contributed by atoms with van der Waals surface area (Å²) in [4.78, 5) is 8.27. The van der Waals surface area contributed by atoms with E-state index in [4.69, 9.17) is 4.74 Å². The Balaban J connectivity index is 1.67. The van der Waals surface area contributed by atoms with Crippen molar-refractivity contribution in [2.75, 3.05) is 0 Å². The summed E-state index contributed by atoms with van der Waals surface area (Å²) in [7, 11) is 0. The zero-order valence-electron chi connectivity index (χ0n) is 14.2. The Bertz CT molecular complexity index is 976. The average molecular weight is 377 g/mol. The van der Waals surface area contributed by atoms with Gasteiger partial charge in [-0.05, 0) is 30.7 Å². The van der Waals surface area contributed by atoms with Gasteiger partial charge in [0.25, 0.3) is 0 Å². The second-order valence-electron chi connectivity index (χ2n) is 6.54. The Morgan fingerprint density at radius 1 is 1.11 bits per heavy atom. The molecule has 27 heavy (non-hydrogen) atoms. The predicted octanol–water partition coefficient (Wildman–Crippen LogP) is 1.37. The van der Waals surface area contributed by atoms with E-state index in [1.54, 1.807) is 19.2 Å². The highest BCUT2D eigenvalue weighted by Crippen LogP contribution is 2.37. The van der Waals surface area contributed by atoms with E-state index in [2.05, 4.69) is 9.97 Å². The second kappa shape index (κ2) is 6.61. The van der Waals surface area contributed by atoms with E-state index in [-0.39, 0.29) is 5.56 Å². The van der Waals surface area contributed by atoms with Crippen molar-refractivity contribution < 1.29 is 28.8 Å². The second-order valence-corrected chi connectivity index (χ2v) is 6.54. The first-order valence-corrected chi connectivity index (χ1v) is 8.30. The highest BCUT2D eigenvalue weighted by atomic mass is 19.1. The van der Waals surface area contributed by atoms with E-state index >= 15 is 0 Å². The fourth-order valence-corrected chi connectivity index (χ4v) is 3.41. The molecule has 0 saturated carbocycles. The van der Waals surface area contributed by atoms with Crippen LogP contribution in [0.2, 0.25) is 0 Å². The summed E-state index contributed by atoms with van der Waals surface area (Å²) in [6.07, 6.45) is -3.72. The van der Waals surface area contributed by atoms with Crippen molar-refractivity contribution in [2.45, 2.75) is 37.6 Å². The molecule has 2 aromatic heterocycles. The molecule has 1 fully saturated rings. The molecule has 0 bridgehead atoms. The van der Waals surface area contributed by atoms with E-state index < -0.39 is 42.3 Å². The van der Waals surface area contributed by atoms with Gasteiger partial charge in [0.15, 0.2) is 6.23 Å². The van der Waals surface area contributed by atoms with Gasteiger partial charge in [-0.3, -0.25) is 0 Å². The Labute approximate surface area is 152 Å². The molecule has 0 amide bonds. The Morgan fingerprint density at radius 2 is 1.81 bits per heavy atom. The molecular formula is C18H17F2N3O4. The molecular weight excluding hydrogens is 360 g/mol. The lowest BCUT2D eigenvalue weighted by molar-refractivity contribution is -0.0849. The molecule has 0 radical (unpaired) electrons. The zero-order valence-corrected chi connectivity index (χ0v) is 14.2. The number of aliphatic hydroxyl groups is 3. The van der Waals surface area contributed by atoms with Crippen molar-refractivity contribution in [3.8, 4) is 0 Å². The Hall–Kier alpha value is -2.46. The molecule has 3 N–H and O–H groups in total. The molecule has 7 nitrogen and oxygen atoms in total. The van der Waals surface area contributed by atoms with Crippen LogP contribution in [-0.4, -0.2) is 48.2 Å². The molecule has 4 rings (SSSR count). The van der Waals surface area contributed by atoms with Crippen molar-refractivity contribution in [2.24, 2.45) is 0 Å². The van der Waals surface area contributed by atoms with E-state index in [9.17, 15) is 24.1 Å². The van der Waals surface area contributed by atoms with Crippen LogP contribution in [0.1, 0.15) is 23.6 Å². The van der Waals surface area contributed by atoms with Crippen molar-refractivity contribution >= 4 is 11.0 Å². The van der Waals surface area contributed by atoms with Gasteiger partial charge < -0.3 is 24.6 Å². The lowest BCUT2D eigenvalue weighted by atomic mass is 9.99. The minimum Gasteiger partial charge on any atom is -0.387 e. The average Bonchev–Trinajstić information content (AvgIpc) is 3.17. The first-order valence-electron chi connectivity index (χ1n) is 8.30. The van der Waals surface area contributed by atoms with Gasteiger partial charge in [0.2, 0.25) is 0 Å². The zero-order chi connectivity index (χ0) is 19.3. The summed E-state index contributed by atoms with van der Waals surface area (Å²) in [5.74, 6) is -1.73. The monoisotopic (exact) mass is 377 g/mol. The van der Waals surface area contributed by atoms with Crippen LogP contribution in [0.15, 0.2) is 36.8 Å². The van der Waals surface area contributed by atoms with Crippen LogP contribution in [0.3, 0.4) is 0 Å². The standard InChI is InChI=1S/C18H17F2N3O4/c1-8-12-2-3-23(17(12)22-7-21-8)18-15(26)14(25)16(27-18)13(24)9-4-10(19)6-11(20)5-9/h2-7,13-16,18,24-26H,1H3. The van der Waals surface area contributed by atoms with Crippen LogP contribution in [0, 0.1) is 18.6 Å². The maximum Gasteiger partial charge on any atom is 0.164 e. The van der Waals surface area contributed by atoms with Crippen molar-refractivity contribution in [3.63, 3.8) is 0 Å². The summed E-state index contributed by atoms with van der Waals surface area (Å²) in [6, 6.07) is 4.32. The number of halogens is 2. The van der Waals surface area contributed by atoms with Crippen LogP contribution < -0.4 is 0 Å². The lowest BCUT2D eigenvalue weighted by Gasteiger charge is -2.21. The Kier molecular flexibility index (Phi) is 4.39. The SMILES string of the molecule is Cc1ncnc2c1ccn2C1OC(C(O)c2cc(F)cc(F)c2)C(O)C1O. The van der Waals surface area contributed by atoms with Gasteiger partial charge in [0, 0.05) is 17.6 Å². The maximum atomic E-state index is 13.4. The molecule has 3 heterocycles. The van der Waals surface area contributed by atoms with Gasteiger partial charge in [-0.25, -0.2) is 18.7 Å². The van der Waals surface area contributed by atoms with Crippen molar-refractivity contribution in [1.29, 1.82) is 0 Å². The van der Waals surface area contributed by atoms with Gasteiger partial charge >= 0.3 is 0 Å². The maximum absolute atomic E-state index is 13.4. The number of hydrogen-bond acceptors (Lipinski definition) is 6. The van der Waals surface area contributed by atoms with E-state index in [0.717, 1.165) is 23.2 Å². The molecule has 142 valence electrons. The minimum absolute atomic E-state index is 0.0973. The number of aromatic nitrogens is 3. The molecule has 0 spiro atoms. The number of benzene rings is 1. The van der Waals surface area contributed by atoms with Gasteiger partial charge in [-0.2, -0.15) is 0 Å². The number of aryl methyl sites for hydroxylation is 1. The quantitative estimate of drug-likeness (QED) is 0.638. The summed E-state index contributed by atoms with van der Waals surface area (Å²) < 4.78 is 34.1. The van der Waals surface area contributed by atoms with Gasteiger partial charge in [0.05, 0.1) is 5.69 Å². The normalized spacial score (nSPS) is 26.6. The molecule has 9 heteroatoms. The molecule has 1 aliphatic heterocycles. The first-order chi connectivity index (χ1) is 12.9. The summed E-state index contributed by atoms with van der Waals surface area (Å²) in [5, 5.41) is 32.0. The first kappa shape index (κ1) is 17.9. The third kappa shape index (κ3) is 2.98. The third-order valence-electron chi connectivity index (χ3n) is 4.80. The number of ether oxygens (including phenoxy) is 1. The molecule has 1 saturated heterocycles. The van der Waals surface area contributed by atoms with Crippen molar-refractivity contribution in [3.05, 3.63) is 59.7 Å². The lowest BCUT2D eigenvalue weighted by Crippen LogP contribution is -2.34. The number of hydrogen-bond donors (Lipinski definition) is 3. The molecule has 0 aliphatic carbocycles. The topological polar surface area (TPSA) is 101 Å². The molecule has 5 unspecified atom stereocenters. The van der Waals surface area contributed by atoms with E-state index in [1.165, 1.54) is 10.9 Å². The van der Waals surface area contributed by atoms with Gasteiger partial charge in [-0.15, -0.1) is 0 Å². The largest absolute Gasteiger partial charge is 0.387 e. The Morgan fingerprint density at radius 3 is 2.52 bits per heavy atom. The molecule has 3 aromatic rings. The van der Waals surface area contributed by atoms with E-state index in [1.807, 2.05) is 0 Å². The van der Waals surface area contributed by atoms with Crippen LogP contribution in [0.25, 0.3) is 11.0 Å². The fraction of sp³-hybridized carbons (Fsp3) is 0.333. The molecule has 1 aromatic carbocycles. The van der Waals surface area contributed by atoms with Crippen LogP contribution in [0.5, 0.6) is 0 Å². The third-order valence-corrected chi connectivity index (χ3v) is 4.80. The number of rotatable bonds is 3. The highest BCUT2D eigenvalue weighted by Gasteiger charge is 2.47. The number of nitrogens with zero attached hydrogens (tertiary/aromatic N) is 3. The van der Waals surface area contributed by atoms with E-state index in [0.29, 0.717) is 11.7 Å². The summed E-state index contributed by atoms with van der Waals surface area (Å²) >= 11 is 0. The molecule has 5 atom stereocenters. The molecule has 1 aliphatic rings. The summed E-state index contributed by atoms with van der Waals surface area (Å²) in [6.45, 7) is 1.81. The van der Waals surface area contributed by atoms with Gasteiger partial charge in [0.1, 0.15) is 48.0 Å². The van der Waals surface area contributed by atoms with Crippen molar-refractivity contribution in [1.82, 2.24) is 14.5 Å². The predicted molar refractivity (Wildman–Crippen MR) is 89.5 cm³/mol.